The number of ether oxygens (including phenoxy) is 1. The molecule has 1 aromatic carbocycles. The third-order valence-electron chi connectivity index (χ3n) is 3.68. The molecule has 21 heavy (non-hydrogen) atoms. The number of terminal acetylenes is 1. The van der Waals surface area contributed by atoms with Crippen LogP contribution in [0.4, 0.5) is 0 Å². The van der Waals surface area contributed by atoms with Crippen LogP contribution in [0.5, 0.6) is 0 Å². The molecule has 5 heteroatoms. The van der Waals surface area contributed by atoms with Crippen LogP contribution < -0.4 is 5.32 Å². The van der Waals surface area contributed by atoms with Gasteiger partial charge in [0.15, 0.2) is 0 Å². The fourth-order valence-corrected chi connectivity index (χ4v) is 2.73. The maximum atomic E-state index is 12.2. The third-order valence-corrected chi connectivity index (χ3v) is 3.68. The van der Waals surface area contributed by atoms with Gasteiger partial charge in [0.1, 0.15) is 0 Å². The van der Waals surface area contributed by atoms with Crippen molar-refractivity contribution >= 4 is 22.7 Å². The number of rotatable bonds is 2. The molecule has 1 aromatic heterocycles. The molecule has 0 bridgehead atoms. The minimum atomic E-state index is -0.864. The lowest BCUT2D eigenvalue weighted by Crippen LogP contribution is -2.17. The molecule has 0 spiro atoms. The molecule has 1 aliphatic rings. The van der Waals surface area contributed by atoms with E-state index in [-0.39, 0.29) is 0 Å². The Morgan fingerprint density at radius 2 is 2.24 bits per heavy atom. The van der Waals surface area contributed by atoms with Crippen molar-refractivity contribution in [3.05, 3.63) is 35.0 Å². The lowest BCUT2D eigenvalue weighted by atomic mass is 10.0. The van der Waals surface area contributed by atoms with Gasteiger partial charge in [0.05, 0.1) is 18.2 Å². The minimum Gasteiger partial charge on any atom is -0.463 e. The highest BCUT2D eigenvalue weighted by molar-refractivity contribution is 6.43. The van der Waals surface area contributed by atoms with Gasteiger partial charge in [0, 0.05) is 36.8 Å². The summed E-state index contributed by atoms with van der Waals surface area (Å²) in [4.78, 5) is 23.7. The summed E-state index contributed by atoms with van der Waals surface area (Å²) in [6.07, 6.45) is 7.20. The molecule has 0 saturated heterocycles. The van der Waals surface area contributed by atoms with Crippen LogP contribution in [-0.2, 0) is 22.6 Å². The maximum Gasteiger partial charge on any atom is 0.379 e. The van der Waals surface area contributed by atoms with E-state index in [4.69, 9.17) is 6.42 Å². The van der Waals surface area contributed by atoms with E-state index in [2.05, 4.69) is 16.0 Å². The van der Waals surface area contributed by atoms with Gasteiger partial charge in [-0.1, -0.05) is 5.92 Å². The summed E-state index contributed by atoms with van der Waals surface area (Å²) in [6, 6.07) is 3.71. The van der Waals surface area contributed by atoms with Crippen LogP contribution in [0, 0.1) is 12.3 Å². The van der Waals surface area contributed by atoms with Crippen molar-refractivity contribution in [1.82, 2.24) is 9.88 Å². The highest BCUT2D eigenvalue weighted by Gasteiger charge is 2.24. The first-order valence-corrected chi connectivity index (χ1v) is 6.61. The van der Waals surface area contributed by atoms with Crippen LogP contribution in [-0.4, -0.2) is 30.0 Å². The number of nitrogens with zero attached hydrogens (tertiary/aromatic N) is 1. The number of esters is 1. The highest BCUT2D eigenvalue weighted by Crippen LogP contribution is 2.28. The number of Topliss-reactive ketones (excluding diaryl/α,β-unsaturated/α-hetero) is 1. The van der Waals surface area contributed by atoms with E-state index in [1.165, 1.54) is 7.11 Å². The molecule has 0 unspecified atom stereocenters. The zero-order valence-corrected chi connectivity index (χ0v) is 11.6. The van der Waals surface area contributed by atoms with Crippen LogP contribution in [0.25, 0.3) is 10.9 Å². The summed E-state index contributed by atoms with van der Waals surface area (Å²) < 4.78 is 6.52. The van der Waals surface area contributed by atoms with E-state index in [1.807, 2.05) is 10.6 Å². The Kier molecular flexibility index (Phi) is 3.24. The molecule has 0 fully saturated rings. The molecule has 2 aromatic rings. The summed E-state index contributed by atoms with van der Waals surface area (Å²) in [5.41, 5.74) is 3.02. The summed E-state index contributed by atoms with van der Waals surface area (Å²) in [6.45, 7) is 2.20. The Labute approximate surface area is 121 Å². The normalized spacial score (nSPS) is 13.5. The van der Waals surface area contributed by atoms with Crippen molar-refractivity contribution in [3.8, 4) is 12.3 Å². The van der Waals surface area contributed by atoms with Crippen molar-refractivity contribution < 1.29 is 14.3 Å². The van der Waals surface area contributed by atoms with E-state index in [9.17, 15) is 9.59 Å². The number of carbonyl (C=O) groups excluding carboxylic acids is 2. The third kappa shape index (κ3) is 2.10. The van der Waals surface area contributed by atoms with Crippen molar-refractivity contribution in [2.24, 2.45) is 0 Å². The van der Waals surface area contributed by atoms with Gasteiger partial charge in [0.25, 0.3) is 5.78 Å². The number of methoxy groups -OCH3 is 1. The van der Waals surface area contributed by atoms with E-state index in [1.54, 1.807) is 12.3 Å². The Hall–Kier alpha value is -2.58. The molecule has 106 valence electrons. The molecule has 5 nitrogen and oxygen atoms in total. The number of carbonyl (C=O) groups is 2. The largest absolute Gasteiger partial charge is 0.463 e. The number of hydrogen-bond acceptors (Lipinski definition) is 4. The van der Waals surface area contributed by atoms with Gasteiger partial charge in [-0.3, -0.25) is 4.79 Å². The van der Waals surface area contributed by atoms with Crippen LogP contribution in [0.3, 0.4) is 0 Å². The molecular weight excluding hydrogens is 268 g/mol. The van der Waals surface area contributed by atoms with E-state index < -0.39 is 11.8 Å². The van der Waals surface area contributed by atoms with Crippen molar-refractivity contribution in [3.63, 3.8) is 0 Å². The van der Waals surface area contributed by atoms with Gasteiger partial charge >= 0.3 is 5.97 Å². The molecule has 0 atom stereocenters. The number of hydrogen-bond donors (Lipinski definition) is 1. The van der Waals surface area contributed by atoms with Gasteiger partial charge in [-0.2, -0.15) is 0 Å². The highest BCUT2D eigenvalue weighted by atomic mass is 16.5. The van der Waals surface area contributed by atoms with Crippen LogP contribution in [0.2, 0.25) is 0 Å². The van der Waals surface area contributed by atoms with E-state index in [0.717, 1.165) is 24.2 Å². The van der Waals surface area contributed by atoms with Gasteiger partial charge in [-0.25, -0.2) is 4.79 Å². The predicted molar refractivity (Wildman–Crippen MR) is 77.9 cm³/mol. The molecular formula is C16H14N2O3. The lowest BCUT2D eigenvalue weighted by molar-refractivity contribution is -0.135. The molecule has 3 rings (SSSR count). The zero-order valence-electron chi connectivity index (χ0n) is 11.6. The predicted octanol–water partition coefficient (Wildman–Crippen LogP) is 1.08. The Morgan fingerprint density at radius 3 is 2.95 bits per heavy atom. The lowest BCUT2D eigenvalue weighted by Gasteiger charge is -2.05. The number of aromatic nitrogens is 1. The van der Waals surface area contributed by atoms with Crippen LogP contribution in [0.1, 0.15) is 21.5 Å². The quantitative estimate of drug-likeness (QED) is 0.387. The summed E-state index contributed by atoms with van der Waals surface area (Å²) >= 11 is 0. The van der Waals surface area contributed by atoms with Gasteiger partial charge in [-0.15, -0.1) is 6.42 Å². The molecule has 1 N–H and O–H groups in total. The smallest absolute Gasteiger partial charge is 0.379 e. The Bertz CT molecular complexity index is 796. The van der Waals surface area contributed by atoms with E-state index in [0.29, 0.717) is 23.1 Å². The molecule has 0 saturated carbocycles. The van der Waals surface area contributed by atoms with Crippen LogP contribution in [0.15, 0.2) is 18.3 Å². The first kappa shape index (κ1) is 13.4. The summed E-state index contributed by atoms with van der Waals surface area (Å²) in [5.74, 6) is 1.08. The maximum absolute atomic E-state index is 12.2. The second-order valence-corrected chi connectivity index (χ2v) is 4.91. The molecule has 0 aliphatic carbocycles. The number of benzene rings is 1. The summed E-state index contributed by atoms with van der Waals surface area (Å²) in [5, 5.41) is 4.02. The molecule has 1 aliphatic heterocycles. The Balaban J connectivity index is 2.30. The van der Waals surface area contributed by atoms with Crippen LogP contribution >= 0.6 is 0 Å². The van der Waals surface area contributed by atoms with Gasteiger partial charge < -0.3 is 14.6 Å². The second kappa shape index (κ2) is 5.08. The fraction of sp³-hybridized carbons (Fsp3) is 0.250. The zero-order chi connectivity index (χ0) is 15.0. The summed E-state index contributed by atoms with van der Waals surface area (Å²) in [7, 11) is 1.20. The SMILES string of the molecule is C#Cc1cc2c3c(c1)c(C(=O)C(=O)OC)cn3CCNC2. The van der Waals surface area contributed by atoms with E-state index >= 15 is 0 Å². The van der Waals surface area contributed by atoms with Crippen molar-refractivity contribution in [2.75, 3.05) is 13.7 Å². The van der Waals surface area contributed by atoms with Gasteiger partial charge in [0.2, 0.25) is 0 Å². The average Bonchev–Trinajstić information content (AvgIpc) is 2.75. The van der Waals surface area contributed by atoms with Crippen molar-refractivity contribution in [2.45, 2.75) is 13.1 Å². The topological polar surface area (TPSA) is 60.3 Å². The monoisotopic (exact) mass is 282 g/mol. The first-order valence-electron chi connectivity index (χ1n) is 6.61. The molecule has 2 heterocycles. The standard InChI is InChI=1S/C16H14N2O3/c1-3-10-6-11-8-17-4-5-18-9-13(12(7-10)14(11)18)15(19)16(20)21-2/h1,6-7,9,17H,4-5,8H2,2H3. The minimum absolute atomic E-state index is 0.345. The molecule has 0 radical (unpaired) electrons. The van der Waals surface area contributed by atoms with Gasteiger partial charge in [-0.05, 0) is 17.7 Å². The first-order chi connectivity index (χ1) is 10.2. The number of nitrogens with one attached hydrogen (secondary N) is 1. The van der Waals surface area contributed by atoms with Crippen molar-refractivity contribution in [1.29, 1.82) is 0 Å². The number of ketones is 1. The Morgan fingerprint density at radius 1 is 1.43 bits per heavy atom. The fourth-order valence-electron chi connectivity index (χ4n) is 2.73. The molecule has 0 amide bonds. The average molecular weight is 282 g/mol. The second-order valence-electron chi connectivity index (χ2n) is 4.91.